The summed E-state index contributed by atoms with van der Waals surface area (Å²) in [5.74, 6) is 0.121. The zero-order chi connectivity index (χ0) is 17.4. The van der Waals surface area contributed by atoms with E-state index in [-0.39, 0.29) is 17.9 Å². The first kappa shape index (κ1) is 16.1. The zero-order valence-electron chi connectivity index (χ0n) is 14.5. The standard InChI is InChI=1S/C19H23N3O3/c1-20-13-15(14-5-2-3-6-16(14)20)18(23)21-8-10-22(11-9-21)19(24)17-7-4-12-25-17/h2-3,5-6,13,17H,4,7-12H2,1H3/t17-/m1/s1. The van der Waals surface area contributed by atoms with Crippen LogP contribution < -0.4 is 0 Å². The van der Waals surface area contributed by atoms with E-state index in [1.54, 1.807) is 0 Å². The van der Waals surface area contributed by atoms with Crippen molar-refractivity contribution in [1.29, 1.82) is 0 Å². The third kappa shape index (κ3) is 2.91. The fraction of sp³-hybridized carbons (Fsp3) is 0.474. The van der Waals surface area contributed by atoms with Gasteiger partial charge in [-0.25, -0.2) is 0 Å². The smallest absolute Gasteiger partial charge is 0.256 e. The molecule has 6 nitrogen and oxygen atoms in total. The van der Waals surface area contributed by atoms with Gasteiger partial charge in [-0.05, 0) is 18.9 Å². The Balaban J connectivity index is 1.45. The van der Waals surface area contributed by atoms with Crippen molar-refractivity contribution in [2.45, 2.75) is 18.9 Å². The minimum absolute atomic E-state index is 0.0426. The Bertz CT molecular complexity index is 799. The van der Waals surface area contributed by atoms with Gasteiger partial charge >= 0.3 is 0 Å². The van der Waals surface area contributed by atoms with Crippen molar-refractivity contribution in [1.82, 2.24) is 14.4 Å². The molecule has 3 heterocycles. The third-order valence-electron chi connectivity index (χ3n) is 5.21. The topological polar surface area (TPSA) is 54.8 Å². The van der Waals surface area contributed by atoms with Crippen molar-refractivity contribution in [3.8, 4) is 0 Å². The van der Waals surface area contributed by atoms with Crippen molar-refractivity contribution < 1.29 is 14.3 Å². The van der Waals surface area contributed by atoms with Gasteiger partial charge in [0.1, 0.15) is 6.10 Å². The minimum Gasteiger partial charge on any atom is -0.368 e. The molecule has 2 aliphatic rings. The lowest BCUT2D eigenvalue weighted by Gasteiger charge is -2.35. The lowest BCUT2D eigenvalue weighted by molar-refractivity contribution is -0.142. The summed E-state index contributed by atoms with van der Waals surface area (Å²) in [4.78, 5) is 29.0. The molecule has 2 aliphatic heterocycles. The zero-order valence-corrected chi connectivity index (χ0v) is 14.5. The highest BCUT2D eigenvalue weighted by Gasteiger charge is 2.32. The number of para-hydroxylation sites is 1. The first-order valence-electron chi connectivity index (χ1n) is 8.89. The van der Waals surface area contributed by atoms with Gasteiger partial charge in [0.25, 0.3) is 11.8 Å². The molecule has 1 aromatic carbocycles. The highest BCUT2D eigenvalue weighted by Crippen LogP contribution is 2.23. The van der Waals surface area contributed by atoms with E-state index < -0.39 is 0 Å². The molecule has 1 aromatic heterocycles. The van der Waals surface area contributed by atoms with Gasteiger partial charge in [-0.2, -0.15) is 0 Å². The fourth-order valence-electron chi connectivity index (χ4n) is 3.79. The number of hydrogen-bond acceptors (Lipinski definition) is 3. The molecular formula is C19H23N3O3. The van der Waals surface area contributed by atoms with Gasteiger partial charge in [0, 0.05) is 56.9 Å². The van der Waals surface area contributed by atoms with Crippen LogP contribution in [0, 0.1) is 0 Å². The van der Waals surface area contributed by atoms with E-state index in [9.17, 15) is 9.59 Å². The van der Waals surface area contributed by atoms with E-state index in [4.69, 9.17) is 4.74 Å². The molecule has 0 unspecified atom stereocenters. The Morgan fingerprint density at radius 1 is 1.08 bits per heavy atom. The van der Waals surface area contributed by atoms with Crippen molar-refractivity contribution in [3.05, 3.63) is 36.0 Å². The molecular weight excluding hydrogens is 318 g/mol. The first-order valence-corrected chi connectivity index (χ1v) is 8.89. The molecule has 2 aromatic rings. The average Bonchev–Trinajstić information content (AvgIpc) is 3.30. The second kappa shape index (κ2) is 6.52. The molecule has 0 spiro atoms. The summed E-state index contributed by atoms with van der Waals surface area (Å²) in [7, 11) is 1.96. The number of benzene rings is 1. The maximum Gasteiger partial charge on any atom is 0.256 e. The monoisotopic (exact) mass is 341 g/mol. The van der Waals surface area contributed by atoms with Gasteiger partial charge in [0.2, 0.25) is 0 Å². The van der Waals surface area contributed by atoms with Gasteiger partial charge in [-0.3, -0.25) is 9.59 Å². The summed E-state index contributed by atoms with van der Waals surface area (Å²) in [5, 5.41) is 0.980. The fourth-order valence-corrected chi connectivity index (χ4v) is 3.79. The molecule has 6 heteroatoms. The van der Waals surface area contributed by atoms with Gasteiger partial charge in [-0.15, -0.1) is 0 Å². The molecule has 0 saturated carbocycles. The summed E-state index contributed by atoms with van der Waals surface area (Å²) in [6, 6.07) is 7.94. The number of rotatable bonds is 2. The van der Waals surface area contributed by atoms with Gasteiger partial charge < -0.3 is 19.1 Å². The van der Waals surface area contributed by atoms with Crippen LogP contribution in [0.1, 0.15) is 23.2 Å². The SMILES string of the molecule is Cn1cc(C(=O)N2CCN(C(=O)[C@H]3CCCO3)CC2)c2ccccc21. The molecule has 0 aliphatic carbocycles. The van der Waals surface area contributed by atoms with E-state index in [1.165, 1.54) is 0 Å². The first-order chi connectivity index (χ1) is 12.1. The van der Waals surface area contributed by atoms with E-state index in [0.29, 0.717) is 32.8 Å². The molecule has 4 rings (SSSR count). The van der Waals surface area contributed by atoms with Crippen molar-refractivity contribution in [3.63, 3.8) is 0 Å². The number of aryl methyl sites for hydroxylation is 1. The molecule has 2 fully saturated rings. The predicted molar refractivity (Wildman–Crippen MR) is 94.4 cm³/mol. The largest absolute Gasteiger partial charge is 0.368 e. The van der Waals surface area contributed by atoms with E-state index in [0.717, 1.165) is 29.3 Å². The molecule has 1 atom stereocenters. The van der Waals surface area contributed by atoms with Crippen LogP contribution >= 0.6 is 0 Å². The molecule has 2 saturated heterocycles. The number of piperazine rings is 1. The van der Waals surface area contributed by atoms with Crippen LogP contribution in [0.3, 0.4) is 0 Å². The Morgan fingerprint density at radius 3 is 2.52 bits per heavy atom. The summed E-state index contributed by atoms with van der Waals surface area (Å²) in [6.07, 6.45) is 3.39. The lowest BCUT2D eigenvalue weighted by atomic mass is 10.1. The third-order valence-corrected chi connectivity index (χ3v) is 5.21. The maximum atomic E-state index is 12.9. The van der Waals surface area contributed by atoms with Crippen molar-refractivity contribution >= 4 is 22.7 Å². The number of amides is 2. The van der Waals surface area contributed by atoms with Crippen LogP contribution in [0.15, 0.2) is 30.5 Å². The Hall–Kier alpha value is -2.34. The van der Waals surface area contributed by atoms with Gasteiger partial charge in [0.05, 0.1) is 5.56 Å². The van der Waals surface area contributed by atoms with E-state index in [1.807, 2.05) is 51.9 Å². The second-order valence-electron chi connectivity index (χ2n) is 6.79. The van der Waals surface area contributed by atoms with E-state index in [2.05, 4.69) is 0 Å². The lowest BCUT2D eigenvalue weighted by Crippen LogP contribution is -2.52. The molecule has 132 valence electrons. The van der Waals surface area contributed by atoms with E-state index >= 15 is 0 Å². The summed E-state index contributed by atoms with van der Waals surface area (Å²) < 4.78 is 7.47. The molecule has 25 heavy (non-hydrogen) atoms. The molecule has 0 radical (unpaired) electrons. The molecule has 0 bridgehead atoms. The van der Waals surface area contributed by atoms with Crippen LogP contribution in [-0.4, -0.2) is 65.1 Å². The minimum atomic E-state index is -0.277. The highest BCUT2D eigenvalue weighted by molar-refractivity contribution is 6.07. The number of carbonyl (C=O) groups is 2. The van der Waals surface area contributed by atoms with Gasteiger partial charge in [-0.1, -0.05) is 18.2 Å². The number of nitrogens with zero attached hydrogens (tertiary/aromatic N) is 3. The van der Waals surface area contributed by atoms with Crippen molar-refractivity contribution in [2.75, 3.05) is 32.8 Å². The Kier molecular flexibility index (Phi) is 4.21. The average molecular weight is 341 g/mol. The van der Waals surface area contributed by atoms with Crippen LogP contribution in [0.4, 0.5) is 0 Å². The Labute approximate surface area is 146 Å². The van der Waals surface area contributed by atoms with Crippen LogP contribution in [0.5, 0.6) is 0 Å². The Morgan fingerprint density at radius 2 is 1.80 bits per heavy atom. The van der Waals surface area contributed by atoms with Crippen LogP contribution in [0.25, 0.3) is 10.9 Å². The normalized spacial score (nSPS) is 21.1. The van der Waals surface area contributed by atoms with Crippen LogP contribution in [-0.2, 0) is 16.6 Å². The molecule has 2 amide bonds. The van der Waals surface area contributed by atoms with Crippen LogP contribution in [0.2, 0.25) is 0 Å². The predicted octanol–water partition coefficient (Wildman–Crippen LogP) is 1.64. The number of ether oxygens (including phenoxy) is 1. The molecule has 0 N–H and O–H groups in total. The maximum absolute atomic E-state index is 12.9. The summed E-state index contributed by atoms with van der Waals surface area (Å²) >= 11 is 0. The van der Waals surface area contributed by atoms with Crippen molar-refractivity contribution in [2.24, 2.45) is 7.05 Å². The summed E-state index contributed by atoms with van der Waals surface area (Å²) in [5.41, 5.74) is 1.79. The quantitative estimate of drug-likeness (QED) is 0.834. The number of aromatic nitrogens is 1. The number of hydrogen-bond donors (Lipinski definition) is 0. The number of fused-ring (bicyclic) bond motifs is 1. The number of carbonyl (C=O) groups excluding carboxylic acids is 2. The highest BCUT2D eigenvalue weighted by atomic mass is 16.5. The van der Waals surface area contributed by atoms with Gasteiger partial charge in [0.15, 0.2) is 0 Å². The summed E-state index contributed by atoms with van der Waals surface area (Å²) in [6.45, 7) is 2.97. The second-order valence-corrected chi connectivity index (χ2v) is 6.79.